The van der Waals surface area contributed by atoms with Crippen LogP contribution in [0.15, 0.2) is 42.5 Å². The molecule has 0 amide bonds. The van der Waals surface area contributed by atoms with E-state index in [1.165, 1.54) is 12.7 Å². The van der Waals surface area contributed by atoms with Gasteiger partial charge in [0.25, 0.3) is 0 Å². The summed E-state index contributed by atoms with van der Waals surface area (Å²) >= 11 is 0. The average molecular weight is 346 g/mol. The van der Waals surface area contributed by atoms with E-state index >= 15 is 0 Å². The van der Waals surface area contributed by atoms with Crippen LogP contribution in [-0.4, -0.2) is 30.2 Å². The highest BCUT2D eigenvalue weighted by atomic mass is 16.5. The minimum absolute atomic E-state index is 0.331. The fourth-order valence-electron chi connectivity index (χ4n) is 3.30. The Bertz CT molecular complexity index is 1010. The van der Waals surface area contributed by atoms with Crippen molar-refractivity contribution >= 4 is 5.97 Å². The lowest BCUT2D eigenvalue weighted by molar-refractivity contribution is 0.0593. The Morgan fingerprint density at radius 1 is 1.04 bits per heavy atom. The fraction of sp³-hybridized carbons (Fsp3) is 0.190. The summed E-state index contributed by atoms with van der Waals surface area (Å²) in [5.41, 5.74) is 6.17. The number of hydrogen-bond acceptors (Lipinski definition) is 5. The van der Waals surface area contributed by atoms with E-state index < -0.39 is 5.97 Å². The van der Waals surface area contributed by atoms with E-state index in [4.69, 9.17) is 14.5 Å². The van der Waals surface area contributed by atoms with E-state index in [0.29, 0.717) is 17.9 Å². The second-order valence-corrected chi connectivity index (χ2v) is 6.28. The van der Waals surface area contributed by atoms with Gasteiger partial charge >= 0.3 is 5.97 Å². The highest BCUT2D eigenvalue weighted by molar-refractivity contribution is 5.93. The zero-order chi connectivity index (χ0) is 18.3. The normalized spacial score (nSPS) is 11.7. The summed E-state index contributed by atoms with van der Waals surface area (Å²) in [5.74, 6) is 0.812. The average Bonchev–Trinajstić information content (AvgIpc) is 3.04. The van der Waals surface area contributed by atoms with Crippen LogP contribution in [-0.2, 0) is 11.2 Å². The largest absolute Gasteiger partial charge is 0.497 e. The highest BCUT2D eigenvalue weighted by Crippen LogP contribution is 2.38. The zero-order valence-corrected chi connectivity index (χ0v) is 14.9. The second-order valence-electron chi connectivity index (χ2n) is 6.28. The molecular weight excluding hydrogens is 328 g/mol. The molecule has 0 radical (unpaired) electrons. The molecule has 0 spiro atoms. The van der Waals surface area contributed by atoms with Gasteiger partial charge in [-0.15, -0.1) is 0 Å². The van der Waals surface area contributed by atoms with Gasteiger partial charge in [0, 0.05) is 23.1 Å². The number of benzene rings is 2. The molecule has 1 heterocycles. The Kier molecular flexibility index (Phi) is 3.92. The topological polar surface area (TPSA) is 61.3 Å². The van der Waals surface area contributed by atoms with Crippen molar-refractivity contribution in [2.24, 2.45) is 0 Å². The van der Waals surface area contributed by atoms with Crippen LogP contribution in [0.1, 0.15) is 27.2 Å². The third kappa shape index (κ3) is 2.62. The number of carbonyl (C=O) groups is 1. The lowest BCUT2D eigenvalue weighted by Gasteiger charge is -2.09. The third-order valence-corrected chi connectivity index (χ3v) is 4.62. The van der Waals surface area contributed by atoms with Gasteiger partial charge in [0.15, 0.2) is 11.5 Å². The quantitative estimate of drug-likeness (QED) is 0.528. The van der Waals surface area contributed by atoms with Crippen LogP contribution in [0, 0.1) is 6.92 Å². The van der Waals surface area contributed by atoms with Crippen LogP contribution >= 0.6 is 0 Å². The van der Waals surface area contributed by atoms with Crippen molar-refractivity contribution in [1.29, 1.82) is 0 Å². The number of methoxy groups -OCH3 is 2. The molecule has 0 atom stereocenters. The molecule has 4 rings (SSSR count). The number of hydrogen-bond donors (Lipinski definition) is 0. The molecule has 0 fully saturated rings. The molecule has 0 aliphatic heterocycles. The number of fused-ring (bicyclic) bond motifs is 3. The van der Waals surface area contributed by atoms with E-state index in [9.17, 15) is 4.79 Å². The summed E-state index contributed by atoms with van der Waals surface area (Å²) < 4.78 is 10.2. The summed E-state index contributed by atoms with van der Waals surface area (Å²) in [6.45, 7) is 2.05. The van der Waals surface area contributed by atoms with Crippen molar-refractivity contribution in [1.82, 2.24) is 9.97 Å². The van der Waals surface area contributed by atoms with Crippen LogP contribution in [0.2, 0.25) is 0 Å². The molecular formula is C21H18N2O3. The molecule has 5 nitrogen and oxygen atoms in total. The Morgan fingerprint density at radius 3 is 2.50 bits per heavy atom. The van der Waals surface area contributed by atoms with E-state index in [0.717, 1.165) is 33.7 Å². The molecule has 0 bridgehead atoms. The summed E-state index contributed by atoms with van der Waals surface area (Å²) in [6.07, 6.45) is 0.639. The van der Waals surface area contributed by atoms with Crippen LogP contribution in [0.3, 0.4) is 0 Å². The molecule has 0 saturated heterocycles. The summed E-state index contributed by atoms with van der Waals surface area (Å²) in [7, 11) is 2.99. The van der Waals surface area contributed by atoms with Crippen LogP contribution in [0.5, 0.6) is 5.75 Å². The highest BCUT2D eigenvalue weighted by Gasteiger charge is 2.28. The number of ether oxygens (including phenoxy) is 2. The van der Waals surface area contributed by atoms with Gasteiger partial charge in [0.05, 0.1) is 19.9 Å². The number of carbonyl (C=O) groups excluding carboxylic acids is 1. The van der Waals surface area contributed by atoms with Gasteiger partial charge in [-0.2, -0.15) is 0 Å². The first-order chi connectivity index (χ1) is 12.6. The van der Waals surface area contributed by atoms with E-state index in [-0.39, 0.29) is 0 Å². The maximum Gasteiger partial charge on any atom is 0.357 e. The van der Waals surface area contributed by atoms with Crippen molar-refractivity contribution in [3.05, 3.63) is 64.8 Å². The summed E-state index contributed by atoms with van der Waals surface area (Å²) in [6, 6.07) is 13.7. The maximum atomic E-state index is 12.3. The SMILES string of the molecule is COC(=O)c1nc(-c2ccc(OC)cc2)nc2c1Cc1cc(C)ccc1-2. The van der Waals surface area contributed by atoms with Gasteiger partial charge in [-0.3, -0.25) is 0 Å². The number of aryl methyl sites for hydroxylation is 1. The number of esters is 1. The van der Waals surface area contributed by atoms with Gasteiger partial charge in [-0.25, -0.2) is 14.8 Å². The lowest BCUT2D eigenvalue weighted by atomic mass is 10.1. The summed E-state index contributed by atoms with van der Waals surface area (Å²) in [4.78, 5) is 21.6. The molecule has 1 aromatic heterocycles. The van der Waals surface area contributed by atoms with Crippen molar-refractivity contribution in [3.63, 3.8) is 0 Å². The molecule has 3 aromatic rings. The molecule has 0 unspecified atom stereocenters. The van der Waals surface area contributed by atoms with E-state index in [1.54, 1.807) is 7.11 Å². The van der Waals surface area contributed by atoms with Gasteiger partial charge in [0.2, 0.25) is 0 Å². The first-order valence-corrected chi connectivity index (χ1v) is 8.34. The number of nitrogens with zero attached hydrogens (tertiary/aromatic N) is 2. The molecule has 0 saturated carbocycles. The van der Waals surface area contributed by atoms with Crippen LogP contribution < -0.4 is 4.74 Å². The maximum absolute atomic E-state index is 12.3. The zero-order valence-electron chi connectivity index (χ0n) is 14.9. The fourth-order valence-corrected chi connectivity index (χ4v) is 3.30. The number of rotatable bonds is 3. The Balaban J connectivity index is 1.91. The van der Waals surface area contributed by atoms with E-state index in [2.05, 4.69) is 30.1 Å². The van der Waals surface area contributed by atoms with Gasteiger partial charge in [0.1, 0.15) is 5.75 Å². The van der Waals surface area contributed by atoms with Crippen molar-refractivity contribution in [2.45, 2.75) is 13.3 Å². The van der Waals surface area contributed by atoms with Gasteiger partial charge in [-0.05, 0) is 36.8 Å². The van der Waals surface area contributed by atoms with Gasteiger partial charge < -0.3 is 9.47 Å². The van der Waals surface area contributed by atoms with Crippen molar-refractivity contribution in [3.8, 4) is 28.4 Å². The molecule has 1 aliphatic carbocycles. The van der Waals surface area contributed by atoms with Crippen LogP contribution in [0.4, 0.5) is 0 Å². The Labute approximate surface area is 151 Å². The minimum atomic E-state index is -0.442. The molecule has 2 aromatic carbocycles. The van der Waals surface area contributed by atoms with E-state index in [1.807, 2.05) is 24.3 Å². The number of aromatic nitrogens is 2. The lowest BCUT2D eigenvalue weighted by Crippen LogP contribution is -2.10. The minimum Gasteiger partial charge on any atom is -0.497 e. The third-order valence-electron chi connectivity index (χ3n) is 4.62. The molecule has 0 N–H and O–H groups in total. The molecule has 5 heteroatoms. The molecule has 130 valence electrons. The first-order valence-electron chi connectivity index (χ1n) is 8.34. The van der Waals surface area contributed by atoms with Crippen LogP contribution in [0.25, 0.3) is 22.6 Å². The van der Waals surface area contributed by atoms with Crippen molar-refractivity contribution < 1.29 is 14.3 Å². The summed E-state index contributed by atoms with van der Waals surface area (Å²) in [5, 5.41) is 0. The van der Waals surface area contributed by atoms with Gasteiger partial charge in [-0.1, -0.05) is 23.8 Å². The predicted octanol–water partition coefficient (Wildman–Crippen LogP) is 3.82. The standard InChI is InChI=1S/C21H18N2O3/c1-12-4-9-16-14(10-12)11-17-18(16)22-20(23-19(17)21(24)26-3)13-5-7-15(25-2)8-6-13/h4-10H,11H2,1-3H3. The Morgan fingerprint density at radius 2 is 1.81 bits per heavy atom. The van der Waals surface area contributed by atoms with Crippen molar-refractivity contribution in [2.75, 3.05) is 14.2 Å². The predicted molar refractivity (Wildman–Crippen MR) is 98.3 cm³/mol. The second kappa shape index (κ2) is 6.26. The molecule has 1 aliphatic rings. The first kappa shape index (κ1) is 16.3. The smallest absolute Gasteiger partial charge is 0.357 e. The molecule has 26 heavy (non-hydrogen) atoms. The Hall–Kier alpha value is -3.21. The monoisotopic (exact) mass is 346 g/mol.